The van der Waals surface area contributed by atoms with Gasteiger partial charge in [-0.3, -0.25) is 19.3 Å². The van der Waals surface area contributed by atoms with Gasteiger partial charge in [0, 0.05) is 6.92 Å². The number of anilines is 1. The van der Waals surface area contributed by atoms with Crippen molar-refractivity contribution in [3.8, 4) is 5.75 Å². The first-order valence-electron chi connectivity index (χ1n) is 9.94. The zero-order chi connectivity index (χ0) is 18.7. The number of ether oxygens (including phenoxy) is 1. The Labute approximate surface area is 158 Å². The normalized spacial score (nSPS) is 31.8. The average Bonchev–Trinajstić information content (AvgIpc) is 3.33. The van der Waals surface area contributed by atoms with Gasteiger partial charge < -0.3 is 4.74 Å². The van der Waals surface area contributed by atoms with Gasteiger partial charge in [-0.25, -0.2) is 0 Å². The molecule has 2 saturated carbocycles. The van der Waals surface area contributed by atoms with Crippen LogP contribution in [-0.4, -0.2) is 17.8 Å². The largest absolute Gasteiger partial charge is 0.427 e. The Balaban J connectivity index is 1.50. The molecule has 0 aromatic heterocycles. The Morgan fingerprint density at radius 2 is 1.44 bits per heavy atom. The Kier molecular flexibility index (Phi) is 3.74. The highest BCUT2D eigenvalue weighted by Gasteiger charge is 2.59. The summed E-state index contributed by atoms with van der Waals surface area (Å²) < 4.78 is 5.06. The lowest BCUT2D eigenvalue weighted by atomic mass is 9.66. The van der Waals surface area contributed by atoms with Crippen LogP contribution in [0.2, 0.25) is 0 Å². The van der Waals surface area contributed by atoms with Crippen LogP contribution in [0.4, 0.5) is 5.69 Å². The fourth-order valence-electron chi connectivity index (χ4n) is 5.98. The molecule has 2 amide bonds. The van der Waals surface area contributed by atoms with Crippen molar-refractivity contribution in [3.63, 3.8) is 0 Å². The van der Waals surface area contributed by atoms with Crippen molar-refractivity contribution in [3.05, 3.63) is 35.4 Å². The van der Waals surface area contributed by atoms with Gasteiger partial charge in [-0.1, -0.05) is 11.1 Å². The molecule has 0 radical (unpaired) electrons. The predicted octanol–water partition coefficient (Wildman–Crippen LogP) is 3.63. The number of carbonyl (C=O) groups excluding carboxylic acids is 3. The minimum Gasteiger partial charge on any atom is -0.427 e. The van der Waals surface area contributed by atoms with Crippen LogP contribution in [0.15, 0.2) is 35.4 Å². The second-order valence-corrected chi connectivity index (χ2v) is 8.20. The van der Waals surface area contributed by atoms with E-state index < -0.39 is 5.97 Å². The molecule has 5 rings (SSSR count). The Morgan fingerprint density at radius 1 is 0.926 bits per heavy atom. The van der Waals surface area contributed by atoms with Crippen LogP contribution < -0.4 is 9.64 Å². The third-order valence-electron chi connectivity index (χ3n) is 6.85. The number of amides is 2. The van der Waals surface area contributed by atoms with Crippen LogP contribution >= 0.6 is 0 Å². The zero-order valence-electron chi connectivity index (χ0n) is 15.4. The van der Waals surface area contributed by atoms with Crippen molar-refractivity contribution < 1.29 is 19.1 Å². The summed E-state index contributed by atoms with van der Waals surface area (Å²) in [7, 11) is 0. The molecule has 140 valence electrons. The van der Waals surface area contributed by atoms with Gasteiger partial charge in [0.25, 0.3) is 0 Å². The van der Waals surface area contributed by atoms with E-state index in [1.165, 1.54) is 23.0 Å². The van der Waals surface area contributed by atoms with E-state index >= 15 is 0 Å². The molecule has 1 aliphatic heterocycles. The summed E-state index contributed by atoms with van der Waals surface area (Å²) >= 11 is 0. The van der Waals surface area contributed by atoms with Crippen LogP contribution in [0.25, 0.3) is 0 Å². The molecule has 4 aliphatic rings. The van der Waals surface area contributed by atoms with Crippen molar-refractivity contribution in [2.45, 2.75) is 45.4 Å². The third-order valence-corrected chi connectivity index (χ3v) is 6.85. The van der Waals surface area contributed by atoms with Crippen LogP contribution in [-0.2, 0) is 14.4 Å². The highest BCUT2D eigenvalue weighted by atomic mass is 16.5. The molecule has 4 atom stereocenters. The Bertz CT molecular complexity index is 827. The van der Waals surface area contributed by atoms with Crippen LogP contribution in [0, 0.1) is 23.7 Å². The smallest absolute Gasteiger partial charge is 0.308 e. The molecule has 1 saturated heterocycles. The van der Waals surface area contributed by atoms with E-state index in [-0.39, 0.29) is 35.5 Å². The van der Waals surface area contributed by atoms with Crippen molar-refractivity contribution in [1.82, 2.24) is 0 Å². The van der Waals surface area contributed by atoms with Crippen LogP contribution in [0.1, 0.15) is 45.4 Å². The first-order chi connectivity index (χ1) is 13.1. The molecular weight excluding hydrogens is 342 g/mol. The molecule has 1 aromatic carbocycles. The first-order valence-corrected chi connectivity index (χ1v) is 9.94. The van der Waals surface area contributed by atoms with Gasteiger partial charge in [0.1, 0.15) is 5.75 Å². The van der Waals surface area contributed by atoms with Gasteiger partial charge in [-0.15, -0.1) is 0 Å². The number of rotatable bonds is 2. The second kappa shape index (κ2) is 6.04. The summed E-state index contributed by atoms with van der Waals surface area (Å²) in [6, 6.07) is 6.67. The number of imide groups is 1. The van der Waals surface area contributed by atoms with E-state index in [0.29, 0.717) is 11.4 Å². The predicted molar refractivity (Wildman–Crippen MR) is 98.9 cm³/mol. The second-order valence-electron chi connectivity index (χ2n) is 8.20. The molecule has 5 heteroatoms. The number of allylic oxidation sites excluding steroid dienone is 2. The van der Waals surface area contributed by atoms with E-state index in [0.717, 1.165) is 38.5 Å². The topological polar surface area (TPSA) is 63.7 Å². The number of hydrogen-bond acceptors (Lipinski definition) is 4. The van der Waals surface area contributed by atoms with Crippen molar-refractivity contribution in [2.75, 3.05) is 4.90 Å². The zero-order valence-corrected chi connectivity index (χ0v) is 15.4. The minimum atomic E-state index is -0.393. The van der Waals surface area contributed by atoms with Gasteiger partial charge >= 0.3 is 5.97 Å². The number of carbonyl (C=O) groups is 3. The molecule has 1 aromatic rings. The van der Waals surface area contributed by atoms with E-state index in [1.54, 1.807) is 24.3 Å². The number of esters is 1. The molecular formula is C22H23NO4. The molecule has 0 spiro atoms. The summed E-state index contributed by atoms with van der Waals surface area (Å²) in [5.41, 5.74) is 3.59. The van der Waals surface area contributed by atoms with E-state index in [9.17, 15) is 14.4 Å². The van der Waals surface area contributed by atoms with Crippen molar-refractivity contribution >= 4 is 23.5 Å². The monoisotopic (exact) mass is 365 g/mol. The maximum atomic E-state index is 13.3. The molecule has 3 aliphatic carbocycles. The summed E-state index contributed by atoms with van der Waals surface area (Å²) in [4.78, 5) is 39.2. The summed E-state index contributed by atoms with van der Waals surface area (Å²) in [5, 5.41) is 0. The first kappa shape index (κ1) is 16.7. The maximum Gasteiger partial charge on any atom is 0.308 e. The van der Waals surface area contributed by atoms with Gasteiger partial charge in [-0.2, -0.15) is 0 Å². The highest BCUT2D eigenvalue weighted by molar-refractivity contribution is 6.22. The van der Waals surface area contributed by atoms with E-state index in [4.69, 9.17) is 4.74 Å². The molecule has 0 N–H and O–H groups in total. The lowest BCUT2D eigenvalue weighted by Crippen LogP contribution is -2.35. The number of hydrogen-bond donors (Lipinski definition) is 0. The highest BCUT2D eigenvalue weighted by Crippen LogP contribution is 2.57. The van der Waals surface area contributed by atoms with E-state index in [2.05, 4.69) is 0 Å². The lowest BCUT2D eigenvalue weighted by Gasteiger charge is -2.34. The fourth-order valence-corrected chi connectivity index (χ4v) is 5.98. The van der Waals surface area contributed by atoms with Crippen molar-refractivity contribution in [2.24, 2.45) is 23.7 Å². The molecule has 0 unspecified atom stereocenters. The fraction of sp³-hybridized carbons (Fsp3) is 0.500. The number of benzene rings is 1. The maximum absolute atomic E-state index is 13.3. The van der Waals surface area contributed by atoms with Gasteiger partial charge in [0.05, 0.1) is 17.5 Å². The minimum absolute atomic E-state index is 0.0411. The SMILES string of the molecule is CC(=O)Oc1ccc(N2C(=O)[C@@H]3[C@H](C2=O)[C@H]2CCCC2=C2CCC[C@@H]23)cc1. The Hall–Kier alpha value is -2.43. The average molecular weight is 365 g/mol. The van der Waals surface area contributed by atoms with E-state index in [1.807, 2.05) is 0 Å². The molecule has 1 heterocycles. The summed E-state index contributed by atoms with van der Waals surface area (Å²) in [5.74, 6) is 0.102. The molecule has 0 bridgehead atoms. The van der Waals surface area contributed by atoms with Gasteiger partial charge in [0.2, 0.25) is 11.8 Å². The summed E-state index contributed by atoms with van der Waals surface area (Å²) in [6.45, 7) is 1.34. The lowest BCUT2D eigenvalue weighted by molar-refractivity contribution is -0.132. The number of fused-ring (bicyclic) bond motifs is 5. The summed E-state index contributed by atoms with van der Waals surface area (Å²) in [6.07, 6.45) is 6.56. The van der Waals surface area contributed by atoms with Crippen LogP contribution in [0.5, 0.6) is 5.75 Å². The van der Waals surface area contributed by atoms with Gasteiger partial charge in [0.15, 0.2) is 0 Å². The Morgan fingerprint density at radius 3 is 1.93 bits per heavy atom. The molecule has 3 fully saturated rings. The van der Waals surface area contributed by atoms with Gasteiger partial charge in [-0.05, 0) is 74.6 Å². The standard InChI is InChI=1S/C22H23NO4/c1-12(24)27-14-10-8-13(9-11-14)23-21(25)19-17-6-2-4-15(17)16-5-3-7-18(16)20(19)22(23)26/h8-11,17-20H,2-7H2,1H3/t17-,18-,19-,20+/m0/s1. The molecule has 27 heavy (non-hydrogen) atoms. The van der Waals surface area contributed by atoms with Crippen LogP contribution in [0.3, 0.4) is 0 Å². The number of nitrogens with zero attached hydrogens (tertiary/aromatic N) is 1. The third kappa shape index (κ3) is 2.40. The van der Waals surface area contributed by atoms with Crippen molar-refractivity contribution in [1.29, 1.82) is 0 Å². The quantitative estimate of drug-likeness (QED) is 0.347. The molecule has 5 nitrogen and oxygen atoms in total.